The lowest BCUT2D eigenvalue weighted by Gasteiger charge is -2.38. The van der Waals surface area contributed by atoms with Crippen molar-refractivity contribution in [3.05, 3.63) is 35.9 Å². The third kappa shape index (κ3) is 5.19. The number of benzene rings is 1. The summed E-state index contributed by atoms with van der Waals surface area (Å²) in [7, 11) is 1.77. The number of amides is 2. The molecule has 6 nitrogen and oxygen atoms in total. The molecule has 0 radical (unpaired) electrons. The highest BCUT2D eigenvalue weighted by atomic mass is 16.6. The molecule has 25 heavy (non-hydrogen) atoms. The number of carbonyl (C=O) groups is 2. The normalized spacial score (nSPS) is 18.8. The summed E-state index contributed by atoms with van der Waals surface area (Å²) in [5.41, 5.74) is 6.94. The zero-order valence-electron chi connectivity index (χ0n) is 15.4. The highest BCUT2D eigenvalue weighted by Crippen LogP contribution is 2.18. The standard InChI is InChI=1S/C19H29N3O3/c1-14(2)17(20)18(23)21(3)16-10-7-11-22(12-16)19(24)25-13-15-8-5-4-6-9-15/h4-6,8-9,14,16-17H,7,10-13,20H2,1-3H3/t16-,17-/m0/s1. The number of carbonyl (C=O) groups excluding carboxylic acids is 2. The fourth-order valence-electron chi connectivity index (χ4n) is 2.95. The second kappa shape index (κ2) is 8.85. The molecule has 1 aliphatic heterocycles. The van der Waals surface area contributed by atoms with Gasteiger partial charge in [0.05, 0.1) is 6.04 Å². The number of rotatable bonds is 5. The van der Waals surface area contributed by atoms with Gasteiger partial charge in [-0.05, 0) is 24.3 Å². The number of nitrogens with two attached hydrogens (primary N) is 1. The lowest BCUT2D eigenvalue weighted by Crippen LogP contribution is -2.54. The summed E-state index contributed by atoms with van der Waals surface area (Å²) in [6.07, 6.45) is 1.39. The van der Waals surface area contributed by atoms with Gasteiger partial charge in [0.15, 0.2) is 0 Å². The smallest absolute Gasteiger partial charge is 0.410 e. The van der Waals surface area contributed by atoms with Crippen molar-refractivity contribution < 1.29 is 14.3 Å². The molecular formula is C19H29N3O3. The van der Waals surface area contributed by atoms with E-state index in [1.807, 2.05) is 44.2 Å². The molecule has 0 aliphatic carbocycles. The molecule has 2 N–H and O–H groups in total. The van der Waals surface area contributed by atoms with Crippen LogP contribution in [0.1, 0.15) is 32.3 Å². The lowest BCUT2D eigenvalue weighted by atomic mass is 10.0. The zero-order chi connectivity index (χ0) is 18.4. The van der Waals surface area contributed by atoms with Crippen LogP contribution in [0.2, 0.25) is 0 Å². The van der Waals surface area contributed by atoms with E-state index < -0.39 is 6.04 Å². The summed E-state index contributed by atoms with van der Waals surface area (Å²) in [6, 6.07) is 9.07. The van der Waals surface area contributed by atoms with Gasteiger partial charge >= 0.3 is 6.09 Å². The highest BCUT2D eigenvalue weighted by molar-refractivity contribution is 5.82. The molecule has 0 unspecified atom stereocenters. The Kier molecular flexibility index (Phi) is 6.82. The van der Waals surface area contributed by atoms with Crippen LogP contribution in [0, 0.1) is 5.92 Å². The Morgan fingerprint density at radius 3 is 2.64 bits per heavy atom. The van der Waals surface area contributed by atoms with Gasteiger partial charge in [-0.15, -0.1) is 0 Å². The van der Waals surface area contributed by atoms with Gasteiger partial charge in [0.2, 0.25) is 5.91 Å². The number of piperidine rings is 1. The van der Waals surface area contributed by atoms with E-state index in [1.165, 1.54) is 0 Å². The van der Waals surface area contributed by atoms with Crippen LogP contribution in [0.25, 0.3) is 0 Å². The Bertz CT molecular complexity index is 577. The van der Waals surface area contributed by atoms with Crippen molar-refractivity contribution in [3.8, 4) is 0 Å². The first-order valence-corrected chi connectivity index (χ1v) is 8.88. The minimum absolute atomic E-state index is 0.0182. The minimum Gasteiger partial charge on any atom is -0.445 e. The molecule has 6 heteroatoms. The van der Waals surface area contributed by atoms with E-state index in [9.17, 15) is 9.59 Å². The van der Waals surface area contributed by atoms with E-state index >= 15 is 0 Å². The molecule has 1 aromatic carbocycles. The van der Waals surface area contributed by atoms with E-state index in [1.54, 1.807) is 16.8 Å². The number of hydrogen-bond acceptors (Lipinski definition) is 4. The van der Waals surface area contributed by atoms with Gasteiger partial charge < -0.3 is 20.3 Å². The molecule has 2 rings (SSSR count). The van der Waals surface area contributed by atoms with E-state index in [4.69, 9.17) is 10.5 Å². The molecule has 0 saturated carbocycles. The monoisotopic (exact) mass is 347 g/mol. The summed E-state index contributed by atoms with van der Waals surface area (Å²) in [5, 5.41) is 0. The third-order valence-corrected chi connectivity index (χ3v) is 4.76. The topological polar surface area (TPSA) is 75.9 Å². The minimum atomic E-state index is -0.509. The fraction of sp³-hybridized carbons (Fsp3) is 0.579. The number of hydrogen-bond donors (Lipinski definition) is 1. The SMILES string of the molecule is CC(C)[C@H](N)C(=O)N(C)[C@H]1CCCN(C(=O)OCc2ccccc2)C1. The number of likely N-dealkylation sites (tertiary alicyclic amines) is 1. The first kappa shape index (κ1) is 19.2. The predicted molar refractivity (Wildman–Crippen MR) is 96.8 cm³/mol. The van der Waals surface area contributed by atoms with Gasteiger partial charge in [0, 0.05) is 26.2 Å². The fourth-order valence-corrected chi connectivity index (χ4v) is 2.95. The highest BCUT2D eigenvalue weighted by Gasteiger charge is 2.31. The second-order valence-corrected chi connectivity index (χ2v) is 7.00. The maximum absolute atomic E-state index is 12.4. The summed E-state index contributed by atoms with van der Waals surface area (Å²) in [6.45, 7) is 5.27. The second-order valence-electron chi connectivity index (χ2n) is 7.00. The summed E-state index contributed by atoms with van der Waals surface area (Å²) >= 11 is 0. The quantitative estimate of drug-likeness (QED) is 0.886. The van der Waals surface area contributed by atoms with Gasteiger partial charge in [-0.3, -0.25) is 4.79 Å². The first-order chi connectivity index (χ1) is 11.9. The average molecular weight is 347 g/mol. The molecule has 2 atom stereocenters. The van der Waals surface area contributed by atoms with Crippen molar-refractivity contribution in [2.45, 2.75) is 45.4 Å². The van der Waals surface area contributed by atoms with Gasteiger partial charge in [0.25, 0.3) is 0 Å². The van der Waals surface area contributed by atoms with Crippen molar-refractivity contribution in [1.82, 2.24) is 9.80 Å². The molecule has 0 bridgehead atoms. The maximum atomic E-state index is 12.4. The number of ether oxygens (including phenoxy) is 1. The van der Waals surface area contributed by atoms with Crippen LogP contribution in [0.4, 0.5) is 4.79 Å². The van der Waals surface area contributed by atoms with Gasteiger partial charge in [-0.2, -0.15) is 0 Å². The molecule has 1 heterocycles. The van der Waals surface area contributed by atoms with Crippen molar-refractivity contribution in [2.24, 2.45) is 11.7 Å². The lowest BCUT2D eigenvalue weighted by molar-refractivity contribution is -0.135. The van der Waals surface area contributed by atoms with Crippen molar-refractivity contribution >= 4 is 12.0 Å². The van der Waals surface area contributed by atoms with Crippen LogP contribution >= 0.6 is 0 Å². The van der Waals surface area contributed by atoms with Crippen LogP contribution in [0.5, 0.6) is 0 Å². The summed E-state index contributed by atoms with van der Waals surface area (Å²) < 4.78 is 5.40. The number of likely N-dealkylation sites (N-methyl/N-ethyl adjacent to an activating group) is 1. The Hall–Kier alpha value is -2.08. The van der Waals surface area contributed by atoms with Crippen molar-refractivity contribution in [2.75, 3.05) is 20.1 Å². The summed E-state index contributed by atoms with van der Waals surface area (Å²) in [5.74, 6) is 0.0185. The van der Waals surface area contributed by atoms with Gasteiger partial charge in [-0.1, -0.05) is 44.2 Å². The molecule has 1 aliphatic rings. The van der Waals surface area contributed by atoms with Crippen LogP contribution in [-0.2, 0) is 16.1 Å². The maximum Gasteiger partial charge on any atom is 0.410 e. The molecule has 1 saturated heterocycles. The Morgan fingerprint density at radius 1 is 1.32 bits per heavy atom. The van der Waals surface area contributed by atoms with E-state index in [0.717, 1.165) is 18.4 Å². The van der Waals surface area contributed by atoms with Crippen LogP contribution < -0.4 is 5.73 Å². The molecule has 1 fully saturated rings. The molecule has 138 valence electrons. The Morgan fingerprint density at radius 2 is 2.00 bits per heavy atom. The predicted octanol–water partition coefficient (Wildman–Crippen LogP) is 2.23. The van der Waals surface area contributed by atoms with E-state index in [2.05, 4.69) is 0 Å². The Labute approximate surface area is 149 Å². The van der Waals surface area contributed by atoms with Crippen molar-refractivity contribution in [1.29, 1.82) is 0 Å². The third-order valence-electron chi connectivity index (χ3n) is 4.76. The Balaban J connectivity index is 1.89. The molecule has 1 aromatic rings. The molecule has 0 aromatic heterocycles. The molecule has 2 amide bonds. The van der Waals surface area contributed by atoms with Crippen molar-refractivity contribution in [3.63, 3.8) is 0 Å². The molecule has 0 spiro atoms. The largest absolute Gasteiger partial charge is 0.445 e. The number of nitrogens with zero attached hydrogens (tertiary/aromatic N) is 2. The average Bonchev–Trinajstić information content (AvgIpc) is 2.65. The summed E-state index contributed by atoms with van der Waals surface area (Å²) in [4.78, 5) is 28.1. The zero-order valence-corrected chi connectivity index (χ0v) is 15.4. The van der Waals surface area contributed by atoms with E-state index in [0.29, 0.717) is 13.1 Å². The van der Waals surface area contributed by atoms with Crippen LogP contribution in [-0.4, -0.2) is 54.0 Å². The first-order valence-electron chi connectivity index (χ1n) is 8.88. The van der Waals surface area contributed by atoms with Gasteiger partial charge in [-0.25, -0.2) is 4.79 Å². The van der Waals surface area contributed by atoms with Crippen LogP contribution in [0.3, 0.4) is 0 Å². The van der Waals surface area contributed by atoms with E-state index in [-0.39, 0.29) is 30.6 Å². The van der Waals surface area contributed by atoms with Crippen LogP contribution in [0.15, 0.2) is 30.3 Å². The van der Waals surface area contributed by atoms with Gasteiger partial charge in [0.1, 0.15) is 6.61 Å². The molecular weight excluding hydrogens is 318 g/mol.